The molecule has 0 radical (unpaired) electrons. The lowest BCUT2D eigenvalue weighted by molar-refractivity contribution is 0.0720. The van der Waals surface area contributed by atoms with Crippen molar-refractivity contribution in [3.05, 3.63) is 68.8 Å². The molecule has 1 aromatic heterocycles. The first kappa shape index (κ1) is 16.1. The molecular formula is C20H21NO4. The summed E-state index contributed by atoms with van der Waals surface area (Å²) in [5.41, 5.74) is 2.64. The molecule has 0 aliphatic carbocycles. The van der Waals surface area contributed by atoms with E-state index in [2.05, 4.69) is 6.07 Å². The van der Waals surface area contributed by atoms with Crippen LogP contribution in [0.1, 0.15) is 51.8 Å². The van der Waals surface area contributed by atoms with Gasteiger partial charge >= 0.3 is 5.63 Å². The van der Waals surface area contributed by atoms with Gasteiger partial charge in [0.15, 0.2) is 0 Å². The third kappa shape index (κ3) is 3.00. The van der Waals surface area contributed by atoms with Gasteiger partial charge in [0.1, 0.15) is 17.4 Å². The standard InChI is InChI=1S/C20H21NO4/c1-13-11-17(16-7-4-10-24-16)25-20(23)18(13)19(22)21-9-8-14-5-2-3-6-15(14)12-21/h2-3,5-6,11,16H,4,7-10,12H2,1H3. The minimum Gasteiger partial charge on any atom is -0.424 e. The van der Waals surface area contributed by atoms with Gasteiger partial charge in [0.2, 0.25) is 0 Å². The van der Waals surface area contributed by atoms with Crippen molar-refractivity contribution in [3.8, 4) is 0 Å². The molecule has 2 aliphatic heterocycles. The molecule has 0 spiro atoms. The number of nitrogens with zero attached hydrogens (tertiary/aromatic N) is 1. The molecule has 2 aliphatic rings. The Morgan fingerprint density at radius 1 is 1.24 bits per heavy atom. The fourth-order valence-electron chi connectivity index (χ4n) is 3.68. The monoisotopic (exact) mass is 339 g/mol. The van der Waals surface area contributed by atoms with Gasteiger partial charge in [0.05, 0.1) is 0 Å². The third-order valence-corrected chi connectivity index (χ3v) is 5.05. The average Bonchev–Trinajstić information content (AvgIpc) is 3.15. The highest BCUT2D eigenvalue weighted by molar-refractivity contribution is 5.95. The molecular weight excluding hydrogens is 318 g/mol. The van der Waals surface area contributed by atoms with Crippen LogP contribution in [0.5, 0.6) is 0 Å². The van der Waals surface area contributed by atoms with Crippen molar-refractivity contribution >= 4 is 5.91 Å². The molecule has 25 heavy (non-hydrogen) atoms. The van der Waals surface area contributed by atoms with Crippen LogP contribution in [0.3, 0.4) is 0 Å². The number of amides is 1. The van der Waals surface area contributed by atoms with E-state index in [0.29, 0.717) is 31.0 Å². The quantitative estimate of drug-likeness (QED) is 0.844. The van der Waals surface area contributed by atoms with Crippen molar-refractivity contribution in [2.45, 2.75) is 38.8 Å². The van der Waals surface area contributed by atoms with Crippen molar-refractivity contribution in [1.82, 2.24) is 4.90 Å². The Labute approximate surface area is 146 Å². The zero-order valence-electron chi connectivity index (χ0n) is 14.3. The zero-order chi connectivity index (χ0) is 17.4. The fourth-order valence-corrected chi connectivity index (χ4v) is 3.68. The van der Waals surface area contributed by atoms with E-state index in [0.717, 1.165) is 24.8 Å². The Balaban J connectivity index is 1.61. The summed E-state index contributed by atoms with van der Waals surface area (Å²) in [7, 11) is 0. The van der Waals surface area contributed by atoms with Crippen LogP contribution in [0.2, 0.25) is 0 Å². The number of ether oxygens (including phenoxy) is 1. The Kier molecular flexibility index (Phi) is 4.17. The van der Waals surface area contributed by atoms with Gasteiger partial charge in [-0.05, 0) is 48.9 Å². The van der Waals surface area contributed by atoms with Crippen LogP contribution in [-0.4, -0.2) is 24.0 Å². The average molecular weight is 339 g/mol. The molecule has 3 heterocycles. The third-order valence-electron chi connectivity index (χ3n) is 5.05. The number of benzene rings is 1. The second-order valence-corrected chi connectivity index (χ2v) is 6.74. The van der Waals surface area contributed by atoms with E-state index in [1.807, 2.05) is 18.2 Å². The van der Waals surface area contributed by atoms with Gasteiger partial charge in [-0.2, -0.15) is 0 Å². The number of fused-ring (bicyclic) bond motifs is 1. The second-order valence-electron chi connectivity index (χ2n) is 6.74. The molecule has 5 nitrogen and oxygen atoms in total. The Hall–Kier alpha value is -2.40. The Morgan fingerprint density at radius 2 is 2.04 bits per heavy atom. The van der Waals surface area contributed by atoms with E-state index in [9.17, 15) is 9.59 Å². The summed E-state index contributed by atoms with van der Waals surface area (Å²) in [6.45, 7) is 3.62. The van der Waals surface area contributed by atoms with E-state index in [-0.39, 0.29) is 17.6 Å². The lowest BCUT2D eigenvalue weighted by atomic mass is 9.99. The first-order valence-corrected chi connectivity index (χ1v) is 8.76. The van der Waals surface area contributed by atoms with Gasteiger partial charge in [-0.3, -0.25) is 4.79 Å². The minimum absolute atomic E-state index is 0.140. The highest BCUT2D eigenvalue weighted by Crippen LogP contribution is 2.29. The molecule has 130 valence electrons. The zero-order valence-corrected chi connectivity index (χ0v) is 14.3. The lowest BCUT2D eigenvalue weighted by Crippen LogP contribution is -2.38. The molecule has 0 saturated carbocycles. The molecule has 4 rings (SSSR count). The highest BCUT2D eigenvalue weighted by Gasteiger charge is 2.28. The van der Waals surface area contributed by atoms with Crippen LogP contribution in [0.15, 0.2) is 39.5 Å². The first-order chi connectivity index (χ1) is 12.1. The number of hydrogen-bond donors (Lipinski definition) is 0. The molecule has 1 unspecified atom stereocenters. The molecule has 1 fully saturated rings. The molecule has 2 aromatic rings. The Bertz CT molecular complexity index is 864. The largest absolute Gasteiger partial charge is 0.424 e. The number of hydrogen-bond acceptors (Lipinski definition) is 4. The van der Waals surface area contributed by atoms with Crippen LogP contribution in [-0.2, 0) is 17.7 Å². The number of rotatable bonds is 2. The maximum absolute atomic E-state index is 12.9. The van der Waals surface area contributed by atoms with Gasteiger partial charge in [0.25, 0.3) is 5.91 Å². The summed E-state index contributed by atoms with van der Waals surface area (Å²) < 4.78 is 11.0. The van der Waals surface area contributed by atoms with Gasteiger partial charge in [-0.1, -0.05) is 24.3 Å². The molecule has 1 aromatic carbocycles. The maximum atomic E-state index is 12.9. The predicted octanol–water partition coefficient (Wildman–Crippen LogP) is 3.00. The highest BCUT2D eigenvalue weighted by atomic mass is 16.5. The summed E-state index contributed by atoms with van der Waals surface area (Å²) in [6, 6.07) is 9.89. The summed E-state index contributed by atoms with van der Waals surface area (Å²) >= 11 is 0. The molecule has 5 heteroatoms. The maximum Gasteiger partial charge on any atom is 0.349 e. The summed E-state index contributed by atoms with van der Waals surface area (Å²) in [4.78, 5) is 27.1. The van der Waals surface area contributed by atoms with Crippen LogP contribution >= 0.6 is 0 Å². The van der Waals surface area contributed by atoms with Crippen molar-refractivity contribution in [1.29, 1.82) is 0 Å². The molecule has 0 bridgehead atoms. The molecule has 1 saturated heterocycles. The first-order valence-electron chi connectivity index (χ1n) is 8.76. The van der Waals surface area contributed by atoms with Crippen molar-refractivity contribution in [3.63, 3.8) is 0 Å². The van der Waals surface area contributed by atoms with Crippen LogP contribution in [0.4, 0.5) is 0 Å². The van der Waals surface area contributed by atoms with Crippen molar-refractivity contribution < 1.29 is 13.9 Å². The predicted molar refractivity (Wildman–Crippen MR) is 92.5 cm³/mol. The smallest absolute Gasteiger partial charge is 0.349 e. The van der Waals surface area contributed by atoms with Gasteiger partial charge in [0, 0.05) is 19.7 Å². The molecule has 1 atom stereocenters. The summed E-state index contributed by atoms with van der Waals surface area (Å²) in [6.07, 6.45) is 2.44. The van der Waals surface area contributed by atoms with Crippen molar-refractivity contribution in [2.75, 3.05) is 13.2 Å². The minimum atomic E-state index is -0.561. The van der Waals surface area contributed by atoms with E-state index in [1.165, 1.54) is 5.56 Å². The van der Waals surface area contributed by atoms with Gasteiger partial charge < -0.3 is 14.1 Å². The van der Waals surface area contributed by atoms with Crippen LogP contribution < -0.4 is 5.63 Å². The summed E-state index contributed by atoms with van der Waals surface area (Å²) in [5.74, 6) is 0.278. The lowest BCUT2D eigenvalue weighted by Gasteiger charge is -2.29. The summed E-state index contributed by atoms with van der Waals surface area (Å²) in [5, 5.41) is 0. The van der Waals surface area contributed by atoms with E-state index >= 15 is 0 Å². The number of aryl methyl sites for hydroxylation is 1. The molecule has 1 amide bonds. The molecule has 0 N–H and O–H groups in total. The number of carbonyl (C=O) groups is 1. The Morgan fingerprint density at radius 3 is 2.76 bits per heavy atom. The second kappa shape index (κ2) is 6.48. The van der Waals surface area contributed by atoms with E-state index < -0.39 is 5.63 Å². The van der Waals surface area contributed by atoms with Crippen molar-refractivity contribution in [2.24, 2.45) is 0 Å². The topological polar surface area (TPSA) is 59.8 Å². The van der Waals surface area contributed by atoms with E-state index in [1.54, 1.807) is 17.9 Å². The van der Waals surface area contributed by atoms with Crippen LogP contribution in [0, 0.1) is 6.92 Å². The van der Waals surface area contributed by atoms with Gasteiger partial charge in [-0.15, -0.1) is 0 Å². The van der Waals surface area contributed by atoms with E-state index in [4.69, 9.17) is 9.15 Å². The van der Waals surface area contributed by atoms with Crippen LogP contribution in [0.25, 0.3) is 0 Å². The number of carbonyl (C=O) groups excluding carboxylic acids is 1. The SMILES string of the molecule is Cc1cc(C2CCCO2)oc(=O)c1C(=O)N1CCc2ccccc2C1. The van der Waals surface area contributed by atoms with Gasteiger partial charge in [-0.25, -0.2) is 4.79 Å². The normalized spacial score (nSPS) is 19.7. The fraction of sp³-hybridized carbons (Fsp3) is 0.400.